The van der Waals surface area contributed by atoms with Crippen molar-refractivity contribution in [3.05, 3.63) is 29.3 Å². The first kappa shape index (κ1) is 14.2. The molecule has 2 fully saturated rings. The predicted molar refractivity (Wildman–Crippen MR) is 81.0 cm³/mol. The van der Waals surface area contributed by atoms with E-state index in [-0.39, 0.29) is 12.0 Å². The van der Waals surface area contributed by atoms with Gasteiger partial charge in [-0.25, -0.2) is 0 Å². The molecule has 0 radical (unpaired) electrons. The fourth-order valence-electron chi connectivity index (χ4n) is 3.21. The summed E-state index contributed by atoms with van der Waals surface area (Å²) < 4.78 is 0. The smallest absolute Gasteiger partial charge is 0.232 e. The topological polar surface area (TPSA) is 40.5 Å². The average molecular weight is 312 g/mol. The molecule has 3 unspecified atom stereocenters. The molecule has 1 aliphatic heterocycles. The molecule has 1 N–H and O–H groups in total. The average Bonchev–Trinajstić information content (AvgIpc) is 3.01. The van der Waals surface area contributed by atoms with Gasteiger partial charge in [0.15, 0.2) is 0 Å². The minimum atomic E-state index is -0.207. The zero-order chi connectivity index (χ0) is 14.1. The summed E-state index contributed by atoms with van der Waals surface area (Å²) in [5, 5.41) is 10.6. The number of carbonyl (C=O) groups is 1. The fraction of sp³-hybridized carbons (Fsp3) is 0.533. The molecule has 5 heteroatoms. The largest absolute Gasteiger partial charge is 0.393 e. The molecule has 1 amide bonds. The molecule has 0 bridgehead atoms. The highest BCUT2D eigenvalue weighted by molar-refractivity contribution is 8.00. The molecule has 0 spiro atoms. The lowest BCUT2D eigenvalue weighted by atomic mass is 10.00. The monoisotopic (exact) mass is 311 g/mol. The van der Waals surface area contributed by atoms with E-state index in [0.717, 1.165) is 30.8 Å². The van der Waals surface area contributed by atoms with E-state index in [1.165, 1.54) is 0 Å². The number of amides is 1. The number of fused-ring (bicyclic) bond motifs is 1. The number of halogens is 1. The van der Waals surface area contributed by atoms with Crippen molar-refractivity contribution in [1.29, 1.82) is 0 Å². The van der Waals surface area contributed by atoms with E-state index in [9.17, 15) is 9.90 Å². The van der Waals surface area contributed by atoms with Crippen molar-refractivity contribution >= 4 is 29.3 Å². The summed E-state index contributed by atoms with van der Waals surface area (Å²) in [6.07, 6.45) is 1.75. The molecule has 1 heterocycles. The van der Waals surface area contributed by atoms with Crippen LogP contribution in [0.3, 0.4) is 0 Å². The highest BCUT2D eigenvalue weighted by Crippen LogP contribution is 2.38. The summed E-state index contributed by atoms with van der Waals surface area (Å²) in [6.45, 7) is 1.55. The van der Waals surface area contributed by atoms with E-state index in [4.69, 9.17) is 11.6 Å². The summed E-state index contributed by atoms with van der Waals surface area (Å²) in [5.41, 5.74) is 0. The van der Waals surface area contributed by atoms with Gasteiger partial charge >= 0.3 is 0 Å². The third-order valence-electron chi connectivity index (χ3n) is 4.35. The number of thioether (sulfide) groups is 1. The summed E-state index contributed by atoms with van der Waals surface area (Å²) in [6, 6.07) is 7.54. The maximum Gasteiger partial charge on any atom is 0.232 e. The van der Waals surface area contributed by atoms with Gasteiger partial charge in [-0.2, -0.15) is 0 Å². The second-order valence-corrected chi connectivity index (χ2v) is 7.10. The van der Waals surface area contributed by atoms with Gasteiger partial charge in [0.2, 0.25) is 5.91 Å². The Balaban J connectivity index is 1.52. The van der Waals surface area contributed by atoms with Crippen LogP contribution in [0.5, 0.6) is 0 Å². The molecule has 1 aromatic carbocycles. The van der Waals surface area contributed by atoms with Crippen LogP contribution in [0.2, 0.25) is 5.02 Å². The molecule has 108 valence electrons. The quantitative estimate of drug-likeness (QED) is 0.873. The molecule has 2 aliphatic rings. The Labute approximate surface area is 128 Å². The number of aliphatic hydroxyl groups is 1. The van der Waals surface area contributed by atoms with Crippen LogP contribution in [0.15, 0.2) is 29.2 Å². The Morgan fingerprint density at radius 1 is 1.30 bits per heavy atom. The number of carbonyl (C=O) groups excluding carboxylic acids is 1. The van der Waals surface area contributed by atoms with Gasteiger partial charge < -0.3 is 10.0 Å². The molecular weight excluding hydrogens is 294 g/mol. The molecule has 1 saturated carbocycles. The van der Waals surface area contributed by atoms with Gasteiger partial charge in [-0.3, -0.25) is 4.79 Å². The Morgan fingerprint density at radius 2 is 2.05 bits per heavy atom. The number of aliphatic hydroxyl groups excluding tert-OH is 1. The number of rotatable bonds is 3. The van der Waals surface area contributed by atoms with E-state index >= 15 is 0 Å². The Morgan fingerprint density at radius 3 is 2.75 bits per heavy atom. The maximum atomic E-state index is 12.2. The van der Waals surface area contributed by atoms with Gasteiger partial charge in [0.25, 0.3) is 0 Å². The van der Waals surface area contributed by atoms with Crippen LogP contribution >= 0.6 is 23.4 Å². The first-order valence-electron chi connectivity index (χ1n) is 6.97. The van der Waals surface area contributed by atoms with Crippen LogP contribution in [0.4, 0.5) is 0 Å². The first-order valence-corrected chi connectivity index (χ1v) is 8.34. The first-order chi connectivity index (χ1) is 9.63. The molecule has 0 aromatic heterocycles. The van der Waals surface area contributed by atoms with E-state index in [1.807, 2.05) is 29.2 Å². The van der Waals surface area contributed by atoms with Crippen LogP contribution < -0.4 is 0 Å². The molecule has 1 saturated heterocycles. The highest BCUT2D eigenvalue weighted by Gasteiger charge is 2.43. The standard InChI is InChI=1S/C15H18ClNO2S/c16-11-2-4-12(5-3-11)20-9-15(19)17-7-10-1-6-14(18)13(10)8-17/h2-5,10,13-14,18H,1,6-9H2. The molecule has 3 rings (SSSR count). The number of likely N-dealkylation sites (tertiary alicyclic amines) is 1. The van der Waals surface area contributed by atoms with Crippen molar-refractivity contribution < 1.29 is 9.90 Å². The minimum absolute atomic E-state index is 0.173. The Bertz CT molecular complexity index is 493. The summed E-state index contributed by atoms with van der Waals surface area (Å²) in [7, 11) is 0. The summed E-state index contributed by atoms with van der Waals surface area (Å²) in [5.74, 6) is 1.44. The van der Waals surface area contributed by atoms with Crippen LogP contribution in [0.25, 0.3) is 0 Å². The van der Waals surface area contributed by atoms with Crippen molar-refractivity contribution in [1.82, 2.24) is 4.90 Å². The summed E-state index contributed by atoms with van der Waals surface area (Å²) in [4.78, 5) is 15.2. The third-order valence-corrected chi connectivity index (χ3v) is 5.60. The van der Waals surface area contributed by atoms with Gasteiger partial charge in [0.1, 0.15) is 0 Å². The van der Waals surface area contributed by atoms with Crippen LogP contribution in [0, 0.1) is 11.8 Å². The lowest BCUT2D eigenvalue weighted by molar-refractivity contribution is -0.127. The van der Waals surface area contributed by atoms with Gasteiger partial charge in [0.05, 0.1) is 11.9 Å². The second kappa shape index (κ2) is 5.96. The van der Waals surface area contributed by atoms with Gasteiger partial charge in [0, 0.05) is 28.9 Å². The van der Waals surface area contributed by atoms with Crippen molar-refractivity contribution in [2.75, 3.05) is 18.8 Å². The van der Waals surface area contributed by atoms with Crippen molar-refractivity contribution in [2.24, 2.45) is 11.8 Å². The van der Waals surface area contributed by atoms with Gasteiger partial charge in [-0.15, -0.1) is 11.8 Å². The zero-order valence-corrected chi connectivity index (χ0v) is 12.7. The van der Waals surface area contributed by atoms with Crippen molar-refractivity contribution in [3.8, 4) is 0 Å². The van der Waals surface area contributed by atoms with Gasteiger partial charge in [-0.1, -0.05) is 11.6 Å². The van der Waals surface area contributed by atoms with E-state index in [0.29, 0.717) is 22.6 Å². The number of nitrogens with zero attached hydrogens (tertiary/aromatic N) is 1. The lowest BCUT2D eigenvalue weighted by Crippen LogP contribution is -2.32. The van der Waals surface area contributed by atoms with Crippen LogP contribution in [-0.4, -0.2) is 40.9 Å². The minimum Gasteiger partial charge on any atom is -0.393 e. The van der Waals surface area contributed by atoms with E-state index < -0.39 is 0 Å². The van der Waals surface area contributed by atoms with E-state index in [2.05, 4.69) is 0 Å². The van der Waals surface area contributed by atoms with Crippen molar-refractivity contribution in [2.45, 2.75) is 23.8 Å². The van der Waals surface area contributed by atoms with Gasteiger partial charge in [-0.05, 0) is 43.0 Å². The Kier molecular flexibility index (Phi) is 4.24. The maximum absolute atomic E-state index is 12.2. The molecular formula is C15H18ClNO2S. The fourth-order valence-corrected chi connectivity index (χ4v) is 4.13. The number of hydrogen-bond donors (Lipinski definition) is 1. The molecule has 1 aromatic rings. The lowest BCUT2D eigenvalue weighted by Gasteiger charge is -2.18. The van der Waals surface area contributed by atoms with E-state index in [1.54, 1.807) is 11.8 Å². The van der Waals surface area contributed by atoms with Crippen molar-refractivity contribution in [3.63, 3.8) is 0 Å². The SMILES string of the molecule is O=C(CSc1ccc(Cl)cc1)N1CC2CCC(O)C2C1. The molecule has 20 heavy (non-hydrogen) atoms. The zero-order valence-electron chi connectivity index (χ0n) is 11.2. The Hall–Kier alpha value is -0.710. The van der Waals surface area contributed by atoms with Crippen LogP contribution in [0.1, 0.15) is 12.8 Å². The number of hydrogen-bond acceptors (Lipinski definition) is 3. The molecule has 3 atom stereocenters. The second-order valence-electron chi connectivity index (χ2n) is 5.61. The highest BCUT2D eigenvalue weighted by atomic mass is 35.5. The summed E-state index contributed by atoms with van der Waals surface area (Å²) >= 11 is 7.38. The predicted octanol–water partition coefficient (Wildman–Crippen LogP) is 2.66. The molecule has 1 aliphatic carbocycles. The number of benzene rings is 1. The normalized spacial score (nSPS) is 28.7. The van der Waals surface area contributed by atoms with Crippen LogP contribution in [-0.2, 0) is 4.79 Å². The molecule has 3 nitrogen and oxygen atoms in total. The third kappa shape index (κ3) is 2.97.